The van der Waals surface area contributed by atoms with E-state index in [4.69, 9.17) is 0 Å². The van der Waals surface area contributed by atoms with Crippen molar-refractivity contribution in [3.05, 3.63) is 49.6 Å². The van der Waals surface area contributed by atoms with Crippen molar-refractivity contribution in [2.24, 2.45) is 11.8 Å². The number of amides is 3. The second kappa shape index (κ2) is 13.9. The van der Waals surface area contributed by atoms with Crippen molar-refractivity contribution in [1.82, 2.24) is 9.80 Å². The van der Waals surface area contributed by atoms with E-state index in [-0.39, 0.29) is 24.3 Å². The van der Waals surface area contributed by atoms with Gasteiger partial charge in [0.25, 0.3) is 5.91 Å². The second-order valence-corrected chi connectivity index (χ2v) is 14.1. The van der Waals surface area contributed by atoms with E-state index in [0.717, 1.165) is 37.3 Å². The topological polar surface area (TPSA) is 84.4 Å². The number of thioether (sulfide) groups is 1. The van der Waals surface area contributed by atoms with Crippen LogP contribution < -0.4 is 9.80 Å². The number of unbranched alkanes of at least 4 members (excludes halogenated alkanes) is 1. The van der Waals surface area contributed by atoms with Gasteiger partial charge in [-0.3, -0.25) is 14.4 Å². The van der Waals surface area contributed by atoms with Gasteiger partial charge in [0.05, 0.1) is 16.6 Å². The van der Waals surface area contributed by atoms with Crippen molar-refractivity contribution >= 4 is 40.9 Å². The van der Waals surface area contributed by atoms with Gasteiger partial charge in [-0.05, 0) is 77.1 Å². The molecule has 0 saturated carbocycles. The molecule has 43 heavy (non-hydrogen) atoms. The molecular formula is C34H50N4O4S. The second-order valence-electron chi connectivity index (χ2n) is 12.2. The molecule has 3 fully saturated rings. The molecule has 3 heterocycles. The van der Waals surface area contributed by atoms with Gasteiger partial charge in [-0.15, -0.1) is 24.9 Å². The van der Waals surface area contributed by atoms with E-state index < -0.39 is 27.4 Å². The van der Waals surface area contributed by atoms with Crippen LogP contribution >= 0.6 is 11.8 Å². The molecule has 4 rings (SSSR count). The van der Waals surface area contributed by atoms with Crippen LogP contribution in [0.1, 0.15) is 59.8 Å². The monoisotopic (exact) mass is 610 g/mol. The van der Waals surface area contributed by atoms with Crippen LogP contribution in [0, 0.1) is 11.8 Å². The summed E-state index contributed by atoms with van der Waals surface area (Å²) in [5, 5.41) is 9.51. The van der Waals surface area contributed by atoms with Crippen molar-refractivity contribution in [3.63, 3.8) is 0 Å². The fourth-order valence-corrected chi connectivity index (χ4v) is 10.0. The van der Waals surface area contributed by atoms with Gasteiger partial charge in [-0.1, -0.05) is 19.1 Å². The highest BCUT2D eigenvalue weighted by atomic mass is 32.2. The van der Waals surface area contributed by atoms with Gasteiger partial charge >= 0.3 is 0 Å². The lowest BCUT2D eigenvalue weighted by molar-refractivity contribution is -0.145. The molecule has 9 heteroatoms. The van der Waals surface area contributed by atoms with Gasteiger partial charge in [0, 0.05) is 62.0 Å². The molecule has 8 nitrogen and oxygen atoms in total. The molecule has 236 valence electrons. The van der Waals surface area contributed by atoms with Gasteiger partial charge in [0.1, 0.15) is 6.04 Å². The van der Waals surface area contributed by atoms with Crippen LogP contribution in [0.5, 0.6) is 0 Å². The fraction of sp³-hybridized carbons (Fsp3) is 0.618. The molecule has 2 unspecified atom stereocenters. The fourth-order valence-electron chi connectivity index (χ4n) is 7.66. The number of nitrogens with zero attached hydrogens (tertiary/aromatic N) is 4. The first-order valence-electron chi connectivity index (χ1n) is 16.0. The zero-order chi connectivity index (χ0) is 31.4. The lowest BCUT2D eigenvalue weighted by Crippen LogP contribution is -2.55. The minimum Gasteiger partial charge on any atom is -0.396 e. The maximum Gasteiger partial charge on any atom is 0.251 e. The first-order valence-corrected chi connectivity index (χ1v) is 16.8. The number of carbonyl (C=O) groups is 3. The Morgan fingerprint density at radius 1 is 1.02 bits per heavy atom. The number of hydrogen-bond acceptors (Lipinski definition) is 6. The van der Waals surface area contributed by atoms with Crippen molar-refractivity contribution in [2.75, 3.05) is 55.7 Å². The van der Waals surface area contributed by atoms with Crippen LogP contribution in [-0.4, -0.2) is 94.0 Å². The van der Waals surface area contributed by atoms with E-state index in [0.29, 0.717) is 45.4 Å². The lowest BCUT2D eigenvalue weighted by atomic mass is 9.66. The Kier molecular flexibility index (Phi) is 10.7. The van der Waals surface area contributed by atoms with Gasteiger partial charge in [0.2, 0.25) is 11.8 Å². The predicted molar refractivity (Wildman–Crippen MR) is 176 cm³/mol. The highest BCUT2D eigenvalue weighted by Gasteiger charge is 2.77. The molecule has 2 bridgehead atoms. The molecule has 1 spiro atoms. The Morgan fingerprint density at radius 3 is 2.26 bits per heavy atom. The Bertz CT molecular complexity index is 1190. The van der Waals surface area contributed by atoms with E-state index in [1.807, 2.05) is 36.1 Å². The standard InChI is InChI=1S/C34H50N4O4S/c1-7-20-36(21-8-2)30(40)27-28-31(41)38(23-12-13-24-39)29(34(28)19-18-33(27,6)43-34)32(42)37(22-9-3)26-16-14-25(15-17-26)35(10-4)11-5/h7,9,14-17,27-29,39H,1,3,8,10-13,18-24H2,2,4-6H3/t27-,28-,29?,33+,34?/m0/s1. The number of likely N-dealkylation sites (tertiary alicyclic amines) is 1. The van der Waals surface area contributed by atoms with Crippen LogP contribution in [-0.2, 0) is 14.4 Å². The summed E-state index contributed by atoms with van der Waals surface area (Å²) >= 11 is 1.70. The largest absolute Gasteiger partial charge is 0.396 e. The van der Waals surface area contributed by atoms with Gasteiger partial charge in [-0.25, -0.2) is 0 Å². The molecule has 5 atom stereocenters. The SMILES string of the molecule is C=CCN(CCC)C(=O)[C@@H]1[C@H]2C(=O)N(CCCCO)C(C(=O)N(CC=C)c3ccc(N(CC)CC)cc3)C23CC[C@@]1(C)S3. The quantitative estimate of drug-likeness (QED) is 0.215. The summed E-state index contributed by atoms with van der Waals surface area (Å²) in [6.07, 6.45) is 6.91. The van der Waals surface area contributed by atoms with E-state index in [1.165, 1.54) is 0 Å². The average molecular weight is 611 g/mol. The maximum absolute atomic E-state index is 14.8. The molecule has 0 radical (unpaired) electrons. The molecule has 1 aromatic rings. The number of fused-ring (bicyclic) bond motifs is 1. The van der Waals surface area contributed by atoms with Crippen LogP contribution in [0.3, 0.4) is 0 Å². The van der Waals surface area contributed by atoms with Crippen LogP contribution in [0.4, 0.5) is 11.4 Å². The zero-order valence-electron chi connectivity index (χ0n) is 26.5. The Labute approximate surface area is 262 Å². The summed E-state index contributed by atoms with van der Waals surface area (Å²) in [7, 11) is 0. The van der Waals surface area contributed by atoms with E-state index in [1.54, 1.807) is 33.7 Å². The highest BCUT2D eigenvalue weighted by Crippen LogP contribution is 2.71. The van der Waals surface area contributed by atoms with Crippen LogP contribution in [0.2, 0.25) is 0 Å². The summed E-state index contributed by atoms with van der Waals surface area (Å²) in [5.74, 6) is -1.29. The van der Waals surface area contributed by atoms with E-state index >= 15 is 0 Å². The molecule has 3 aliphatic heterocycles. The smallest absolute Gasteiger partial charge is 0.251 e. The van der Waals surface area contributed by atoms with Crippen LogP contribution in [0.25, 0.3) is 0 Å². The first-order chi connectivity index (χ1) is 20.7. The molecule has 3 saturated heterocycles. The summed E-state index contributed by atoms with van der Waals surface area (Å²) in [4.78, 5) is 51.0. The van der Waals surface area contributed by atoms with E-state index in [2.05, 4.69) is 38.8 Å². The van der Waals surface area contributed by atoms with Crippen molar-refractivity contribution in [1.29, 1.82) is 0 Å². The van der Waals surface area contributed by atoms with Crippen molar-refractivity contribution in [3.8, 4) is 0 Å². The number of rotatable bonds is 16. The van der Waals surface area contributed by atoms with Gasteiger partial charge in [0.15, 0.2) is 0 Å². The number of aliphatic hydroxyl groups is 1. The maximum atomic E-state index is 14.8. The third-order valence-corrected chi connectivity index (χ3v) is 11.6. The summed E-state index contributed by atoms with van der Waals surface area (Å²) in [6, 6.07) is 7.33. The molecule has 0 aromatic heterocycles. The average Bonchev–Trinajstić information content (AvgIpc) is 3.57. The number of carbonyl (C=O) groups excluding carboxylic acids is 3. The molecule has 0 aliphatic carbocycles. The minimum absolute atomic E-state index is 0.00461. The van der Waals surface area contributed by atoms with Gasteiger partial charge < -0.3 is 24.7 Å². The van der Waals surface area contributed by atoms with Crippen LogP contribution in [0.15, 0.2) is 49.6 Å². The third-order valence-electron chi connectivity index (χ3n) is 9.61. The van der Waals surface area contributed by atoms with Crippen molar-refractivity contribution < 1.29 is 19.5 Å². The minimum atomic E-state index is -0.699. The first kappa shape index (κ1) is 33.1. The number of hydrogen-bond donors (Lipinski definition) is 1. The van der Waals surface area contributed by atoms with Crippen molar-refractivity contribution in [2.45, 2.75) is 75.3 Å². The highest BCUT2D eigenvalue weighted by molar-refractivity contribution is 8.02. The zero-order valence-corrected chi connectivity index (χ0v) is 27.3. The molecule has 3 aliphatic rings. The van der Waals surface area contributed by atoms with E-state index in [9.17, 15) is 19.5 Å². The predicted octanol–water partition coefficient (Wildman–Crippen LogP) is 4.73. The lowest BCUT2D eigenvalue weighted by Gasteiger charge is -2.38. The normalized spacial score (nSPS) is 27.2. The summed E-state index contributed by atoms with van der Waals surface area (Å²) < 4.78 is -1.11. The molecule has 1 aromatic carbocycles. The molecule has 1 N–H and O–H groups in total. The Morgan fingerprint density at radius 2 is 1.67 bits per heavy atom. The Balaban J connectivity index is 1.76. The third kappa shape index (κ3) is 5.87. The Hall–Kier alpha value is -2.78. The molecule has 3 amide bonds. The summed E-state index contributed by atoms with van der Waals surface area (Å²) in [6.45, 7) is 19.7. The van der Waals surface area contributed by atoms with Gasteiger partial charge in [-0.2, -0.15) is 0 Å². The summed E-state index contributed by atoms with van der Waals surface area (Å²) in [5.41, 5.74) is 1.86. The number of benzene rings is 1. The molecular weight excluding hydrogens is 560 g/mol. The number of aliphatic hydroxyl groups excluding tert-OH is 1. The number of anilines is 2.